The molecule has 1 unspecified atom stereocenters. The Morgan fingerprint density at radius 1 is 1.33 bits per heavy atom. The maximum Gasteiger partial charge on any atom is 0.175 e. The second kappa shape index (κ2) is 5.82. The standard InChI is InChI=1S/C13H19NO3S/c1-18(15,16)13-4-2-11(3-5-13)8-14-9-12-6-7-17-10-12/h2-5,12,14H,6-10H2,1H3. The van der Waals surface area contributed by atoms with Crippen molar-refractivity contribution in [1.29, 1.82) is 0 Å². The van der Waals surface area contributed by atoms with Crippen LogP contribution in [0.1, 0.15) is 12.0 Å². The van der Waals surface area contributed by atoms with Crippen molar-refractivity contribution in [1.82, 2.24) is 5.32 Å². The summed E-state index contributed by atoms with van der Waals surface area (Å²) >= 11 is 0. The van der Waals surface area contributed by atoms with Crippen LogP contribution in [0.4, 0.5) is 0 Å². The molecular weight excluding hydrogens is 250 g/mol. The lowest BCUT2D eigenvalue weighted by molar-refractivity contribution is 0.185. The first-order valence-corrected chi connectivity index (χ1v) is 8.02. The molecule has 0 aromatic heterocycles. The van der Waals surface area contributed by atoms with Gasteiger partial charge in [0.05, 0.1) is 11.5 Å². The van der Waals surface area contributed by atoms with Crippen LogP contribution in [0.25, 0.3) is 0 Å². The molecule has 100 valence electrons. The van der Waals surface area contributed by atoms with Crippen LogP contribution in [0, 0.1) is 5.92 Å². The number of sulfone groups is 1. The van der Waals surface area contributed by atoms with Gasteiger partial charge >= 0.3 is 0 Å². The molecule has 0 saturated carbocycles. The number of hydrogen-bond acceptors (Lipinski definition) is 4. The minimum atomic E-state index is -3.09. The Bertz CT molecular complexity index is 475. The van der Waals surface area contributed by atoms with Crippen molar-refractivity contribution in [2.75, 3.05) is 26.0 Å². The summed E-state index contributed by atoms with van der Waals surface area (Å²) in [6, 6.07) is 7.03. The van der Waals surface area contributed by atoms with E-state index in [4.69, 9.17) is 4.74 Å². The molecular formula is C13H19NO3S. The van der Waals surface area contributed by atoms with Crippen LogP contribution >= 0.6 is 0 Å². The van der Waals surface area contributed by atoms with E-state index in [1.165, 1.54) is 6.26 Å². The monoisotopic (exact) mass is 269 g/mol. The SMILES string of the molecule is CS(=O)(=O)c1ccc(CNCC2CCOC2)cc1. The lowest BCUT2D eigenvalue weighted by Gasteiger charge is -2.09. The summed E-state index contributed by atoms with van der Waals surface area (Å²) in [4.78, 5) is 0.371. The molecule has 0 amide bonds. The van der Waals surface area contributed by atoms with Gasteiger partial charge in [-0.15, -0.1) is 0 Å². The van der Waals surface area contributed by atoms with E-state index in [-0.39, 0.29) is 0 Å². The van der Waals surface area contributed by atoms with E-state index >= 15 is 0 Å². The average molecular weight is 269 g/mol. The first-order valence-electron chi connectivity index (χ1n) is 6.13. The summed E-state index contributed by atoms with van der Waals surface area (Å²) in [7, 11) is -3.09. The fourth-order valence-corrected chi connectivity index (χ4v) is 2.65. The lowest BCUT2D eigenvalue weighted by Crippen LogP contribution is -2.22. The Labute approximate surface area is 108 Å². The van der Waals surface area contributed by atoms with Gasteiger partial charge in [0.25, 0.3) is 0 Å². The maximum absolute atomic E-state index is 11.3. The molecule has 2 rings (SSSR count). The second-order valence-electron chi connectivity index (χ2n) is 4.78. The maximum atomic E-state index is 11.3. The van der Waals surface area contributed by atoms with Crippen molar-refractivity contribution in [3.8, 4) is 0 Å². The van der Waals surface area contributed by atoms with Gasteiger partial charge in [-0.2, -0.15) is 0 Å². The Morgan fingerprint density at radius 3 is 2.61 bits per heavy atom. The van der Waals surface area contributed by atoms with Crippen molar-refractivity contribution in [3.05, 3.63) is 29.8 Å². The Hall–Kier alpha value is -0.910. The molecule has 0 aliphatic carbocycles. The summed E-state index contributed by atoms with van der Waals surface area (Å²) in [5.41, 5.74) is 1.10. The zero-order chi connectivity index (χ0) is 13.0. The molecule has 18 heavy (non-hydrogen) atoms. The first-order chi connectivity index (χ1) is 8.55. The smallest absolute Gasteiger partial charge is 0.175 e. The molecule has 1 aromatic rings. The summed E-state index contributed by atoms with van der Waals surface area (Å²) in [5.74, 6) is 0.611. The molecule has 1 aliphatic heterocycles. The highest BCUT2D eigenvalue weighted by Crippen LogP contribution is 2.12. The van der Waals surface area contributed by atoms with Crippen LogP contribution in [-0.2, 0) is 21.1 Å². The lowest BCUT2D eigenvalue weighted by atomic mass is 10.1. The average Bonchev–Trinajstić information content (AvgIpc) is 2.82. The van der Waals surface area contributed by atoms with Crippen LogP contribution in [0.5, 0.6) is 0 Å². The van der Waals surface area contributed by atoms with Crippen molar-refractivity contribution in [3.63, 3.8) is 0 Å². The molecule has 1 N–H and O–H groups in total. The topological polar surface area (TPSA) is 55.4 Å². The van der Waals surface area contributed by atoms with E-state index in [1.807, 2.05) is 12.1 Å². The van der Waals surface area contributed by atoms with E-state index < -0.39 is 9.84 Å². The van der Waals surface area contributed by atoms with Gasteiger partial charge in [-0.25, -0.2) is 8.42 Å². The molecule has 0 bridgehead atoms. The fraction of sp³-hybridized carbons (Fsp3) is 0.538. The third kappa shape index (κ3) is 3.80. The highest BCUT2D eigenvalue weighted by molar-refractivity contribution is 7.90. The van der Waals surface area contributed by atoms with Gasteiger partial charge < -0.3 is 10.1 Å². The van der Waals surface area contributed by atoms with Gasteiger partial charge in [0.1, 0.15) is 0 Å². The Balaban J connectivity index is 1.83. The largest absolute Gasteiger partial charge is 0.381 e. The summed E-state index contributed by atoms with van der Waals surface area (Å²) in [6.45, 7) is 3.43. The predicted molar refractivity (Wildman–Crippen MR) is 70.2 cm³/mol. The van der Waals surface area contributed by atoms with Crippen LogP contribution in [0.15, 0.2) is 29.2 Å². The number of rotatable bonds is 5. The van der Waals surface area contributed by atoms with Gasteiger partial charge in [-0.05, 0) is 30.0 Å². The minimum Gasteiger partial charge on any atom is -0.381 e. The zero-order valence-electron chi connectivity index (χ0n) is 10.6. The van der Waals surface area contributed by atoms with E-state index in [9.17, 15) is 8.42 Å². The second-order valence-corrected chi connectivity index (χ2v) is 6.79. The summed E-state index contributed by atoms with van der Waals surface area (Å²) < 4.78 is 27.9. The molecule has 1 aromatic carbocycles. The van der Waals surface area contributed by atoms with E-state index in [1.54, 1.807) is 12.1 Å². The number of ether oxygens (including phenoxy) is 1. The van der Waals surface area contributed by atoms with Crippen molar-refractivity contribution in [2.24, 2.45) is 5.92 Å². The Morgan fingerprint density at radius 2 is 2.06 bits per heavy atom. The molecule has 0 radical (unpaired) electrons. The van der Waals surface area contributed by atoms with Gasteiger partial charge in [0.15, 0.2) is 9.84 Å². The molecule has 5 heteroatoms. The van der Waals surface area contributed by atoms with Gasteiger partial charge in [0.2, 0.25) is 0 Å². The van der Waals surface area contributed by atoms with Crippen molar-refractivity contribution < 1.29 is 13.2 Å². The highest BCUT2D eigenvalue weighted by Gasteiger charge is 2.14. The molecule has 0 spiro atoms. The van der Waals surface area contributed by atoms with Crippen LogP contribution < -0.4 is 5.32 Å². The van der Waals surface area contributed by atoms with Crippen LogP contribution in [0.3, 0.4) is 0 Å². The van der Waals surface area contributed by atoms with E-state index in [2.05, 4.69) is 5.32 Å². The first kappa shape index (κ1) is 13.5. The quantitative estimate of drug-likeness (QED) is 0.873. The van der Waals surface area contributed by atoms with E-state index in [0.717, 1.165) is 38.3 Å². The predicted octanol–water partition coefficient (Wildman–Crippen LogP) is 1.22. The summed E-state index contributed by atoms with van der Waals surface area (Å²) in [5, 5.41) is 3.37. The van der Waals surface area contributed by atoms with Gasteiger partial charge in [-0.1, -0.05) is 12.1 Å². The van der Waals surface area contributed by atoms with Gasteiger partial charge in [0, 0.05) is 26.0 Å². The molecule has 1 aliphatic rings. The number of hydrogen-bond donors (Lipinski definition) is 1. The number of nitrogens with one attached hydrogen (secondary N) is 1. The highest BCUT2D eigenvalue weighted by atomic mass is 32.2. The summed E-state index contributed by atoms with van der Waals surface area (Å²) in [6.07, 6.45) is 2.35. The van der Waals surface area contributed by atoms with Crippen molar-refractivity contribution >= 4 is 9.84 Å². The molecule has 1 fully saturated rings. The fourth-order valence-electron chi connectivity index (χ4n) is 2.02. The van der Waals surface area contributed by atoms with Crippen molar-refractivity contribution in [2.45, 2.75) is 17.9 Å². The molecule has 4 nitrogen and oxygen atoms in total. The normalized spacial score (nSPS) is 20.2. The molecule has 1 saturated heterocycles. The number of benzene rings is 1. The van der Waals surface area contributed by atoms with Crippen LogP contribution in [0.2, 0.25) is 0 Å². The minimum absolute atomic E-state index is 0.371. The zero-order valence-corrected chi connectivity index (χ0v) is 11.4. The third-order valence-electron chi connectivity index (χ3n) is 3.14. The third-order valence-corrected chi connectivity index (χ3v) is 4.27. The Kier molecular flexibility index (Phi) is 4.37. The molecule has 1 atom stereocenters. The van der Waals surface area contributed by atoms with Gasteiger partial charge in [-0.3, -0.25) is 0 Å². The molecule has 1 heterocycles. The van der Waals surface area contributed by atoms with E-state index in [0.29, 0.717) is 10.8 Å². The van der Waals surface area contributed by atoms with Crippen LogP contribution in [-0.4, -0.2) is 34.4 Å².